The zero-order valence-corrected chi connectivity index (χ0v) is 13.1. The molecular weight excluding hydrogens is 296 g/mol. The van der Waals surface area contributed by atoms with Crippen molar-refractivity contribution in [2.75, 3.05) is 26.2 Å². The van der Waals surface area contributed by atoms with Crippen LogP contribution in [0.2, 0.25) is 0 Å². The SMILES string of the molecule is O=C1NC[C@H]2CN(Cc3nc(-c4ccccc4)cs3)CCN12. The monoisotopic (exact) mass is 314 g/mol. The summed E-state index contributed by atoms with van der Waals surface area (Å²) in [6.07, 6.45) is 0. The first-order chi connectivity index (χ1) is 10.8. The molecule has 114 valence electrons. The van der Waals surface area contributed by atoms with Gasteiger partial charge < -0.3 is 10.2 Å². The second kappa shape index (κ2) is 5.70. The van der Waals surface area contributed by atoms with Gasteiger partial charge >= 0.3 is 6.03 Å². The molecule has 0 bridgehead atoms. The molecule has 1 atom stereocenters. The Morgan fingerprint density at radius 1 is 1.27 bits per heavy atom. The van der Waals surface area contributed by atoms with Crippen LogP contribution in [0.4, 0.5) is 4.79 Å². The molecule has 0 aliphatic carbocycles. The van der Waals surface area contributed by atoms with Crippen LogP contribution in [0, 0.1) is 0 Å². The summed E-state index contributed by atoms with van der Waals surface area (Å²) in [7, 11) is 0. The Hall–Kier alpha value is -1.92. The molecule has 6 heteroatoms. The van der Waals surface area contributed by atoms with Crippen LogP contribution >= 0.6 is 11.3 Å². The third kappa shape index (κ3) is 2.60. The number of thiazole rings is 1. The number of nitrogens with zero attached hydrogens (tertiary/aromatic N) is 3. The first-order valence-electron chi connectivity index (χ1n) is 7.56. The fraction of sp³-hybridized carbons (Fsp3) is 0.375. The summed E-state index contributed by atoms with van der Waals surface area (Å²) in [4.78, 5) is 20.7. The van der Waals surface area contributed by atoms with E-state index in [1.165, 1.54) is 5.56 Å². The fourth-order valence-electron chi connectivity index (χ4n) is 3.13. The molecule has 1 aromatic heterocycles. The van der Waals surface area contributed by atoms with E-state index >= 15 is 0 Å². The highest BCUT2D eigenvalue weighted by atomic mass is 32.1. The summed E-state index contributed by atoms with van der Waals surface area (Å²) < 4.78 is 0. The van der Waals surface area contributed by atoms with Gasteiger partial charge in [0, 0.05) is 37.1 Å². The maximum absolute atomic E-state index is 11.6. The molecule has 1 N–H and O–H groups in total. The second-order valence-electron chi connectivity index (χ2n) is 5.76. The third-order valence-corrected chi connectivity index (χ3v) is 5.13. The van der Waals surface area contributed by atoms with E-state index in [1.54, 1.807) is 11.3 Å². The van der Waals surface area contributed by atoms with E-state index < -0.39 is 0 Å². The van der Waals surface area contributed by atoms with Gasteiger partial charge in [0.2, 0.25) is 0 Å². The van der Waals surface area contributed by atoms with Crippen molar-refractivity contribution in [1.82, 2.24) is 20.1 Å². The number of urea groups is 1. The Balaban J connectivity index is 1.42. The molecule has 2 saturated heterocycles. The molecule has 1 aromatic carbocycles. The maximum Gasteiger partial charge on any atom is 0.317 e. The van der Waals surface area contributed by atoms with Crippen molar-refractivity contribution < 1.29 is 4.79 Å². The molecule has 0 saturated carbocycles. The molecule has 2 aliphatic rings. The minimum Gasteiger partial charge on any atom is -0.336 e. The molecule has 2 fully saturated rings. The van der Waals surface area contributed by atoms with Gasteiger partial charge in [-0.05, 0) is 0 Å². The number of piperazine rings is 1. The smallest absolute Gasteiger partial charge is 0.317 e. The Morgan fingerprint density at radius 3 is 3.00 bits per heavy atom. The third-order valence-electron chi connectivity index (χ3n) is 4.30. The maximum atomic E-state index is 11.6. The summed E-state index contributed by atoms with van der Waals surface area (Å²) in [6, 6.07) is 10.7. The van der Waals surface area contributed by atoms with Crippen LogP contribution in [0.5, 0.6) is 0 Å². The predicted octanol–water partition coefficient (Wildman–Crippen LogP) is 2.02. The van der Waals surface area contributed by atoms with Crippen molar-refractivity contribution in [3.05, 3.63) is 40.7 Å². The van der Waals surface area contributed by atoms with Gasteiger partial charge in [-0.1, -0.05) is 30.3 Å². The highest BCUT2D eigenvalue weighted by Gasteiger charge is 2.35. The Morgan fingerprint density at radius 2 is 2.14 bits per heavy atom. The molecule has 3 heterocycles. The number of nitrogens with one attached hydrogen (secondary N) is 1. The van der Waals surface area contributed by atoms with Crippen molar-refractivity contribution in [2.24, 2.45) is 0 Å². The van der Waals surface area contributed by atoms with E-state index in [4.69, 9.17) is 4.98 Å². The summed E-state index contributed by atoms with van der Waals surface area (Å²) in [6.45, 7) is 4.30. The number of rotatable bonds is 3. The summed E-state index contributed by atoms with van der Waals surface area (Å²) in [5, 5.41) is 6.19. The fourth-order valence-corrected chi connectivity index (χ4v) is 3.97. The number of hydrogen-bond acceptors (Lipinski definition) is 4. The van der Waals surface area contributed by atoms with E-state index in [2.05, 4.69) is 27.7 Å². The van der Waals surface area contributed by atoms with Gasteiger partial charge in [-0.3, -0.25) is 4.90 Å². The van der Waals surface area contributed by atoms with Crippen molar-refractivity contribution in [2.45, 2.75) is 12.6 Å². The first kappa shape index (κ1) is 13.7. The topological polar surface area (TPSA) is 48.5 Å². The minimum atomic E-state index is 0.0882. The molecule has 2 amide bonds. The van der Waals surface area contributed by atoms with Crippen LogP contribution in [0.15, 0.2) is 35.7 Å². The van der Waals surface area contributed by atoms with Crippen LogP contribution in [-0.4, -0.2) is 53.0 Å². The largest absolute Gasteiger partial charge is 0.336 e. The average Bonchev–Trinajstić information content (AvgIpc) is 3.16. The molecule has 0 radical (unpaired) electrons. The quantitative estimate of drug-likeness (QED) is 0.943. The number of carbonyl (C=O) groups is 1. The second-order valence-corrected chi connectivity index (χ2v) is 6.70. The van der Waals surface area contributed by atoms with Crippen LogP contribution in [-0.2, 0) is 6.54 Å². The molecule has 2 aliphatic heterocycles. The summed E-state index contributed by atoms with van der Waals surface area (Å²) in [5.41, 5.74) is 2.22. The Labute approximate surface area is 133 Å². The first-order valence-corrected chi connectivity index (χ1v) is 8.44. The van der Waals surface area contributed by atoms with Gasteiger partial charge in [0.05, 0.1) is 18.3 Å². The van der Waals surface area contributed by atoms with E-state index in [1.807, 2.05) is 23.1 Å². The number of fused-ring (bicyclic) bond motifs is 1. The van der Waals surface area contributed by atoms with Crippen molar-refractivity contribution in [3.8, 4) is 11.3 Å². The Bertz CT molecular complexity index is 672. The van der Waals surface area contributed by atoms with E-state index in [-0.39, 0.29) is 6.03 Å². The number of hydrogen-bond donors (Lipinski definition) is 1. The standard InChI is InChI=1S/C16H18N4OS/c21-16-17-8-13-9-19(6-7-20(13)16)10-15-18-14(11-22-15)12-4-2-1-3-5-12/h1-5,11,13H,6-10H2,(H,17,21)/t13-/m0/s1. The van der Waals surface area contributed by atoms with Crippen LogP contribution < -0.4 is 5.32 Å². The number of aromatic nitrogens is 1. The van der Waals surface area contributed by atoms with Crippen LogP contribution in [0.25, 0.3) is 11.3 Å². The number of amides is 2. The highest BCUT2D eigenvalue weighted by Crippen LogP contribution is 2.23. The van der Waals surface area contributed by atoms with Gasteiger partial charge in [0.1, 0.15) is 5.01 Å². The molecular formula is C16H18N4OS. The minimum absolute atomic E-state index is 0.0882. The normalized spacial score (nSPS) is 21.7. The molecule has 0 spiro atoms. The number of benzene rings is 1. The molecule has 22 heavy (non-hydrogen) atoms. The summed E-state index contributed by atoms with van der Waals surface area (Å²) in [5.74, 6) is 0. The van der Waals surface area contributed by atoms with Crippen molar-refractivity contribution in [1.29, 1.82) is 0 Å². The zero-order chi connectivity index (χ0) is 14.9. The molecule has 5 nitrogen and oxygen atoms in total. The van der Waals surface area contributed by atoms with Crippen molar-refractivity contribution >= 4 is 17.4 Å². The average molecular weight is 314 g/mol. The van der Waals surface area contributed by atoms with Crippen LogP contribution in [0.3, 0.4) is 0 Å². The van der Waals surface area contributed by atoms with Gasteiger partial charge in [-0.2, -0.15) is 0 Å². The summed E-state index contributed by atoms with van der Waals surface area (Å²) >= 11 is 1.71. The lowest BCUT2D eigenvalue weighted by Crippen LogP contribution is -2.51. The van der Waals surface area contributed by atoms with E-state index in [0.29, 0.717) is 6.04 Å². The lowest BCUT2D eigenvalue weighted by molar-refractivity contribution is 0.116. The molecule has 4 rings (SSSR count). The lowest BCUT2D eigenvalue weighted by atomic mass is 10.2. The number of carbonyl (C=O) groups excluding carboxylic acids is 1. The molecule has 0 unspecified atom stereocenters. The van der Waals surface area contributed by atoms with Gasteiger partial charge in [0.15, 0.2) is 0 Å². The zero-order valence-electron chi connectivity index (χ0n) is 12.2. The van der Waals surface area contributed by atoms with Crippen LogP contribution in [0.1, 0.15) is 5.01 Å². The van der Waals surface area contributed by atoms with Crippen molar-refractivity contribution in [3.63, 3.8) is 0 Å². The highest BCUT2D eigenvalue weighted by molar-refractivity contribution is 7.09. The lowest BCUT2D eigenvalue weighted by Gasteiger charge is -2.35. The van der Waals surface area contributed by atoms with E-state index in [0.717, 1.165) is 43.4 Å². The van der Waals surface area contributed by atoms with Gasteiger partial charge in [-0.15, -0.1) is 11.3 Å². The molecule has 2 aromatic rings. The van der Waals surface area contributed by atoms with Gasteiger partial charge in [0.25, 0.3) is 0 Å². The van der Waals surface area contributed by atoms with E-state index in [9.17, 15) is 4.79 Å². The van der Waals surface area contributed by atoms with Gasteiger partial charge in [-0.25, -0.2) is 9.78 Å². The Kier molecular flexibility index (Phi) is 3.56. The predicted molar refractivity (Wildman–Crippen MR) is 86.7 cm³/mol.